The number of aryl methyl sites for hydroxylation is 2. The van der Waals surface area contributed by atoms with Crippen LogP contribution >= 0.6 is 11.8 Å². The van der Waals surface area contributed by atoms with Gasteiger partial charge in [0.25, 0.3) is 5.91 Å². The first-order valence-corrected chi connectivity index (χ1v) is 9.39. The summed E-state index contributed by atoms with van der Waals surface area (Å²) in [6, 6.07) is 11.4. The molecule has 0 spiro atoms. The Morgan fingerprint density at radius 2 is 1.92 bits per heavy atom. The van der Waals surface area contributed by atoms with Crippen molar-refractivity contribution >= 4 is 17.7 Å². The molecule has 0 saturated heterocycles. The monoisotopic (exact) mass is 367 g/mol. The second-order valence-corrected chi connectivity index (χ2v) is 7.08. The molecule has 0 aliphatic carbocycles. The normalized spacial score (nSPS) is 12.0. The summed E-state index contributed by atoms with van der Waals surface area (Å²) in [6.07, 6.45) is 3.46. The molecule has 2 aromatic heterocycles. The quantitative estimate of drug-likeness (QED) is 0.651. The van der Waals surface area contributed by atoms with Crippen LogP contribution in [-0.2, 0) is 5.75 Å². The summed E-state index contributed by atoms with van der Waals surface area (Å²) in [7, 11) is 0. The summed E-state index contributed by atoms with van der Waals surface area (Å²) in [5.41, 5.74) is 3.66. The maximum Gasteiger partial charge on any atom is 0.252 e. The molecule has 0 radical (unpaired) electrons. The van der Waals surface area contributed by atoms with Crippen molar-refractivity contribution in [2.45, 2.75) is 37.5 Å². The number of thioether (sulfide) groups is 1. The highest BCUT2D eigenvalue weighted by atomic mass is 32.2. The number of carbonyl (C=O) groups excluding carboxylic acids is 1. The number of nitrogens with one attached hydrogen (secondary N) is 1. The highest BCUT2D eigenvalue weighted by Crippen LogP contribution is 2.29. The summed E-state index contributed by atoms with van der Waals surface area (Å²) in [4.78, 5) is 17.7. The van der Waals surface area contributed by atoms with Crippen LogP contribution in [0.25, 0.3) is 0 Å². The van der Waals surface area contributed by atoms with Crippen LogP contribution in [0.3, 0.4) is 0 Å². The van der Waals surface area contributed by atoms with Gasteiger partial charge in [-0.05, 0) is 50.6 Å². The largest absolute Gasteiger partial charge is 0.361 e. The summed E-state index contributed by atoms with van der Waals surface area (Å²) >= 11 is 1.61. The smallest absolute Gasteiger partial charge is 0.252 e. The third kappa shape index (κ3) is 4.14. The lowest BCUT2D eigenvalue weighted by molar-refractivity contribution is 0.0937. The number of amides is 1. The topological polar surface area (TPSA) is 68.0 Å². The summed E-state index contributed by atoms with van der Waals surface area (Å²) in [6.45, 7) is 5.80. The van der Waals surface area contributed by atoms with E-state index in [0.717, 1.165) is 27.5 Å². The first-order valence-electron chi connectivity index (χ1n) is 8.40. The molecule has 3 aromatic rings. The molecule has 134 valence electrons. The number of benzene rings is 1. The van der Waals surface area contributed by atoms with Crippen molar-refractivity contribution < 1.29 is 9.32 Å². The van der Waals surface area contributed by atoms with Crippen molar-refractivity contribution in [3.8, 4) is 0 Å². The van der Waals surface area contributed by atoms with Crippen molar-refractivity contribution in [2.75, 3.05) is 0 Å². The fourth-order valence-electron chi connectivity index (χ4n) is 2.65. The lowest BCUT2D eigenvalue weighted by Crippen LogP contribution is -2.27. The van der Waals surface area contributed by atoms with Crippen LogP contribution in [0.5, 0.6) is 0 Å². The maximum absolute atomic E-state index is 12.8. The summed E-state index contributed by atoms with van der Waals surface area (Å²) in [5.74, 6) is 1.45. The third-order valence-electron chi connectivity index (χ3n) is 4.24. The van der Waals surface area contributed by atoms with E-state index in [1.54, 1.807) is 24.2 Å². The van der Waals surface area contributed by atoms with Gasteiger partial charge in [0.05, 0.1) is 17.3 Å². The van der Waals surface area contributed by atoms with Gasteiger partial charge in [-0.15, -0.1) is 11.8 Å². The van der Waals surface area contributed by atoms with Crippen LogP contribution in [0.4, 0.5) is 0 Å². The molecular weight excluding hydrogens is 346 g/mol. The van der Waals surface area contributed by atoms with E-state index in [1.165, 1.54) is 0 Å². The lowest BCUT2D eigenvalue weighted by atomic mass is 10.1. The maximum atomic E-state index is 12.8. The summed E-state index contributed by atoms with van der Waals surface area (Å²) < 4.78 is 5.22. The molecule has 2 heterocycles. The highest BCUT2D eigenvalue weighted by molar-refractivity contribution is 7.98. The Kier molecular flexibility index (Phi) is 5.73. The minimum absolute atomic E-state index is 0.0869. The second kappa shape index (κ2) is 8.19. The van der Waals surface area contributed by atoms with Crippen molar-refractivity contribution in [2.24, 2.45) is 0 Å². The number of rotatable bonds is 6. The molecule has 26 heavy (non-hydrogen) atoms. The molecular formula is C20H21N3O2S. The molecule has 0 saturated carbocycles. The molecule has 1 atom stereocenters. The van der Waals surface area contributed by atoms with Crippen LogP contribution in [0.1, 0.15) is 45.9 Å². The summed E-state index contributed by atoms with van der Waals surface area (Å²) in [5, 5.41) is 7.04. The van der Waals surface area contributed by atoms with Gasteiger partial charge in [0.1, 0.15) is 5.76 Å². The number of carbonyl (C=O) groups is 1. The van der Waals surface area contributed by atoms with Gasteiger partial charge < -0.3 is 9.84 Å². The average molecular weight is 367 g/mol. The van der Waals surface area contributed by atoms with E-state index in [1.807, 2.05) is 57.2 Å². The molecule has 1 amide bonds. The standard InChI is InChI=1S/C20H21N3O2S/c1-13(16-8-10-21-11-9-16)22-20(24)17-6-4-5-7-19(17)26-12-18-14(2)23-25-15(18)3/h4-11,13H,12H2,1-3H3,(H,22,24). The SMILES string of the molecule is Cc1noc(C)c1CSc1ccccc1C(=O)NC(C)c1ccncc1. The van der Waals surface area contributed by atoms with Gasteiger partial charge >= 0.3 is 0 Å². The van der Waals surface area contributed by atoms with Gasteiger partial charge in [-0.25, -0.2) is 0 Å². The Balaban J connectivity index is 1.73. The zero-order valence-corrected chi connectivity index (χ0v) is 15.8. The molecule has 0 bridgehead atoms. The molecule has 1 N–H and O–H groups in total. The molecule has 6 heteroatoms. The van der Waals surface area contributed by atoms with Crippen LogP contribution in [0.2, 0.25) is 0 Å². The van der Waals surface area contributed by atoms with E-state index >= 15 is 0 Å². The van der Waals surface area contributed by atoms with Gasteiger partial charge in [-0.2, -0.15) is 0 Å². The molecule has 0 fully saturated rings. The van der Waals surface area contributed by atoms with E-state index in [4.69, 9.17) is 4.52 Å². The first kappa shape index (κ1) is 18.2. The van der Waals surface area contributed by atoms with E-state index in [9.17, 15) is 4.79 Å². The van der Waals surface area contributed by atoms with Crippen LogP contribution in [-0.4, -0.2) is 16.0 Å². The Bertz CT molecular complexity index is 874. The first-order chi connectivity index (χ1) is 12.6. The third-order valence-corrected chi connectivity index (χ3v) is 5.34. The van der Waals surface area contributed by atoms with Crippen LogP contribution in [0.15, 0.2) is 58.2 Å². The van der Waals surface area contributed by atoms with E-state index in [2.05, 4.69) is 15.5 Å². The van der Waals surface area contributed by atoms with Crippen LogP contribution in [0, 0.1) is 13.8 Å². The van der Waals surface area contributed by atoms with Crippen molar-refractivity contribution in [1.29, 1.82) is 0 Å². The van der Waals surface area contributed by atoms with Crippen molar-refractivity contribution in [3.05, 3.63) is 76.9 Å². The number of nitrogens with zero attached hydrogens (tertiary/aromatic N) is 2. The molecule has 3 rings (SSSR count). The van der Waals surface area contributed by atoms with Crippen LogP contribution < -0.4 is 5.32 Å². The number of pyridine rings is 1. The molecule has 0 aliphatic rings. The Labute approximate surface area is 157 Å². The molecule has 5 nitrogen and oxygen atoms in total. The zero-order chi connectivity index (χ0) is 18.5. The van der Waals surface area contributed by atoms with E-state index in [-0.39, 0.29) is 11.9 Å². The predicted octanol–water partition coefficient (Wildman–Crippen LogP) is 4.47. The second-order valence-electron chi connectivity index (χ2n) is 6.06. The highest BCUT2D eigenvalue weighted by Gasteiger charge is 2.16. The fourth-order valence-corrected chi connectivity index (χ4v) is 3.85. The van der Waals surface area contributed by atoms with E-state index in [0.29, 0.717) is 11.3 Å². The number of aromatic nitrogens is 2. The minimum Gasteiger partial charge on any atom is -0.361 e. The van der Waals surface area contributed by atoms with Crippen molar-refractivity contribution in [1.82, 2.24) is 15.5 Å². The van der Waals surface area contributed by atoms with Gasteiger partial charge in [0.2, 0.25) is 0 Å². The van der Waals surface area contributed by atoms with Gasteiger partial charge in [-0.1, -0.05) is 17.3 Å². The van der Waals surface area contributed by atoms with Gasteiger partial charge in [0.15, 0.2) is 0 Å². The minimum atomic E-state index is -0.0916. The van der Waals surface area contributed by atoms with Crippen molar-refractivity contribution in [3.63, 3.8) is 0 Å². The predicted molar refractivity (Wildman–Crippen MR) is 102 cm³/mol. The number of hydrogen-bond acceptors (Lipinski definition) is 5. The average Bonchev–Trinajstić information content (AvgIpc) is 2.98. The molecule has 1 unspecified atom stereocenters. The number of hydrogen-bond donors (Lipinski definition) is 1. The molecule has 0 aliphatic heterocycles. The zero-order valence-electron chi connectivity index (χ0n) is 15.0. The fraction of sp³-hybridized carbons (Fsp3) is 0.250. The Morgan fingerprint density at radius 3 is 2.62 bits per heavy atom. The van der Waals surface area contributed by atoms with E-state index < -0.39 is 0 Å². The van der Waals surface area contributed by atoms with Gasteiger partial charge in [-0.3, -0.25) is 9.78 Å². The molecule has 1 aromatic carbocycles. The Morgan fingerprint density at radius 1 is 1.19 bits per heavy atom. The van der Waals surface area contributed by atoms with Gasteiger partial charge in [0, 0.05) is 28.6 Å². The lowest BCUT2D eigenvalue weighted by Gasteiger charge is -2.15. The Hall–Kier alpha value is -2.60.